The molecule has 2 N–H and O–H groups in total. The smallest absolute Gasteiger partial charge is 0.321 e. The average molecular weight is 345 g/mol. The van der Waals surface area contributed by atoms with E-state index in [-0.39, 0.29) is 18.1 Å². The lowest BCUT2D eigenvalue weighted by atomic mass is 10.2. The summed E-state index contributed by atoms with van der Waals surface area (Å²) in [5.41, 5.74) is -0.292. The van der Waals surface area contributed by atoms with E-state index in [1.165, 1.54) is 47.1 Å². The van der Waals surface area contributed by atoms with E-state index < -0.39 is 29.4 Å². The van der Waals surface area contributed by atoms with E-state index >= 15 is 0 Å². The third-order valence-corrected chi connectivity index (χ3v) is 3.90. The zero-order chi connectivity index (χ0) is 18.0. The van der Waals surface area contributed by atoms with E-state index in [4.69, 9.17) is 0 Å². The summed E-state index contributed by atoms with van der Waals surface area (Å²) >= 11 is 0. The SMILES string of the molecule is Cn1ccnc(NC(=O)N[C@H]2CCN(c3ccccc3F)C2=O)c1=O. The van der Waals surface area contributed by atoms with E-state index in [1.54, 1.807) is 6.07 Å². The molecule has 2 aromatic rings. The molecular weight excluding hydrogens is 329 g/mol. The van der Waals surface area contributed by atoms with Gasteiger partial charge in [-0.05, 0) is 18.6 Å². The lowest BCUT2D eigenvalue weighted by Gasteiger charge is -2.17. The Hall–Kier alpha value is -3.23. The number of carbonyl (C=O) groups is 2. The van der Waals surface area contributed by atoms with Crippen LogP contribution in [0.3, 0.4) is 0 Å². The van der Waals surface area contributed by atoms with Crippen LogP contribution in [0.1, 0.15) is 6.42 Å². The summed E-state index contributed by atoms with van der Waals surface area (Å²) in [6.45, 7) is 0.288. The van der Waals surface area contributed by atoms with Crippen molar-refractivity contribution in [1.82, 2.24) is 14.9 Å². The van der Waals surface area contributed by atoms with Gasteiger partial charge in [0.05, 0.1) is 5.69 Å². The predicted octanol–water partition coefficient (Wildman–Crippen LogP) is 0.846. The zero-order valence-corrected chi connectivity index (χ0v) is 13.4. The Morgan fingerprint density at radius 2 is 2.08 bits per heavy atom. The first-order valence-corrected chi connectivity index (χ1v) is 7.62. The number of rotatable bonds is 3. The third-order valence-electron chi connectivity index (χ3n) is 3.90. The standard InChI is InChI=1S/C16H16FN5O3/c1-21-9-7-18-13(15(21)24)20-16(25)19-11-6-8-22(14(11)23)12-5-3-2-4-10(12)17/h2-5,7,9,11H,6,8H2,1H3,(H2,18,19,20,25)/t11-/m0/s1. The molecule has 2 heterocycles. The maximum Gasteiger partial charge on any atom is 0.321 e. The van der Waals surface area contributed by atoms with Crippen molar-refractivity contribution < 1.29 is 14.0 Å². The van der Waals surface area contributed by atoms with Crippen LogP contribution >= 0.6 is 0 Å². The van der Waals surface area contributed by atoms with Crippen LogP contribution in [0.15, 0.2) is 41.5 Å². The highest BCUT2D eigenvalue weighted by molar-refractivity contribution is 6.02. The molecule has 25 heavy (non-hydrogen) atoms. The normalized spacial score (nSPS) is 16.8. The van der Waals surface area contributed by atoms with Gasteiger partial charge in [0.1, 0.15) is 11.9 Å². The van der Waals surface area contributed by atoms with Crippen molar-refractivity contribution in [1.29, 1.82) is 0 Å². The number of nitrogens with one attached hydrogen (secondary N) is 2. The minimum absolute atomic E-state index is 0.140. The second-order valence-electron chi connectivity index (χ2n) is 5.57. The van der Waals surface area contributed by atoms with Gasteiger partial charge in [0.25, 0.3) is 5.56 Å². The molecule has 1 saturated heterocycles. The van der Waals surface area contributed by atoms with Gasteiger partial charge in [0.2, 0.25) is 11.7 Å². The summed E-state index contributed by atoms with van der Waals surface area (Å²) in [5.74, 6) is -1.05. The van der Waals surface area contributed by atoms with E-state index in [2.05, 4.69) is 15.6 Å². The van der Waals surface area contributed by atoms with Crippen molar-refractivity contribution in [3.63, 3.8) is 0 Å². The number of halogens is 1. The Labute approximate surface area is 142 Å². The maximum atomic E-state index is 13.8. The quantitative estimate of drug-likeness (QED) is 0.862. The second kappa shape index (κ2) is 6.71. The van der Waals surface area contributed by atoms with Crippen molar-refractivity contribution >= 4 is 23.4 Å². The molecular formula is C16H16FN5O3. The van der Waals surface area contributed by atoms with Crippen molar-refractivity contribution in [2.45, 2.75) is 12.5 Å². The number of aryl methyl sites for hydroxylation is 1. The molecule has 0 saturated carbocycles. The topological polar surface area (TPSA) is 96.3 Å². The van der Waals surface area contributed by atoms with Gasteiger partial charge in [-0.25, -0.2) is 14.2 Å². The van der Waals surface area contributed by atoms with Crippen molar-refractivity contribution in [2.24, 2.45) is 7.05 Å². The van der Waals surface area contributed by atoms with E-state index in [9.17, 15) is 18.8 Å². The lowest BCUT2D eigenvalue weighted by Crippen LogP contribution is -2.44. The first-order valence-electron chi connectivity index (χ1n) is 7.62. The van der Waals surface area contributed by atoms with Gasteiger partial charge >= 0.3 is 6.03 Å². The minimum Gasteiger partial charge on any atom is -0.326 e. The number of anilines is 2. The Bertz CT molecular complexity index is 882. The van der Waals surface area contributed by atoms with Gasteiger partial charge < -0.3 is 14.8 Å². The molecule has 1 fully saturated rings. The molecule has 130 valence electrons. The number of nitrogens with zero attached hydrogens (tertiary/aromatic N) is 3. The predicted molar refractivity (Wildman–Crippen MR) is 88.8 cm³/mol. The summed E-state index contributed by atoms with van der Waals surface area (Å²) in [7, 11) is 1.53. The first-order chi connectivity index (χ1) is 12.0. The zero-order valence-electron chi connectivity index (χ0n) is 13.4. The number of aromatic nitrogens is 2. The third kappa shape index (κ3) is 3.35. The van der Waals surface area contributed by atoms with Crippen LogP contribution in [-0.4, -0.2) is 34.1 Å². The van der Waals surface area contributed by atoms with Crippen LogP contribution in [0.25, 0.3) is 0 Å². The Morgan fingerprint density at radius 1 is 1.32 bits per heavy atom. The fourth-order valence-corrected chi connectivity index (χ4v) is 2.61. The summed E-state index contributed by atoms with van der Waals surface area (Å²) in [4.78, 5) is 41.3. The van der Waals surface area contributed by atoms with Gasteiger partial charge in [0, 0.05) is 26.0 Å². The van der Waals surface area contributed by atoms with Crippen LogP contribution in [0, 0.1) is 5.82 Å². The van der Waals surface area contributed by atoms with Crippen molar-refractivity contribution in [3.8, 4) is 0 Å². The maximum absolute atomic E-state index is 13.8. The molecule has 9 heteroatoms. The molecule has 3 rings (SSSR count). The number of para-hydroxylation sites is 1. The number of hydrogen-bond acceptors (Lipinski definition) is 4. The van der Waals surface area contributed by atoms with Gasteiger partial charge in [-0.1, -0.05) is 12.1 Å². The molecule has 1 aromatic heterocycles. The van der Waals surface area contributed by atoms with Gasteiger partial charge in [-0.2, -0.15) is 0 Å². The molecule has 1 aromatic carbocycles. The highest BCUT2D eigenvalue weighted by atomic mass is 19.1. The Balaban J connectivity index is 1.67. The van der Waals surface area contributed by atoms with Gasteiger partial charge in [0.15, 0.2) is 0 Å². The van der Waals surface area contributed by atoms with Crippen molar-refractivity contribution in [2.75, 3.05) is 16.8 Å². The van der Waals surface area contributed by atoms with Crippen LogP contribution in [-0.2, 0) is 11.8 Å². The summed E-state index contributed by atoms with van der Waals surface area (Å²) in [5, 5.41) is 4.82. The van der Waals surface area contributed by atoms with Gasteiger partial charge in [-0.15, -0.1) is 0 Å². The fraction of sp³-hybridized carbons (Fsp3) is 0.250. The van der Waals surface area contributed by atoms with E-state index in [0.717, 1.165) is 0 Å². The molecule has 0 radical (unpaired) electrons. The molecule has 0 unspecified atom stereocenters. The first kappa shape index (κ1) is 16.6. The highest BCUT2D eigenvalue weighted by Gasteiger charge is 2.34. The molecule has 1 aliphatic rings. The molecule has 3 amide bonds. The summed E-state index contributed by atoms with van der Waals surface area (Å²) in [6, 6.07) is 4.43. The number of amides is 3. The monoisotopic (exact) mass is 345 g/mol. The second-order valence-corrected chi connectivity index (χ2v) is 5.57. The van der Waals surface area contributed by atoms with Crippen LogP contribution < -0.4 is 21.1 Å². The van der Waals surface area contributed by atoms with Gasteiger partial charge in [-0.3, -0.25) is 14.9 Å². The van der Waals surface area contributed by atoms with Crippen LogP contribution in [0.2, 0.25) is 0 Å². The molecule has 0 spiro atoms. The minimum atomic E-state index is -0.799. The van der Waals surface area contributed by atoms with Crippen LogP contribution in [0.4, 0.5) is 20.7 Å². The number of hydrogen-bond donors (Lipinski definition) is 2. The van der Waals surface area contributed by atoms with E-state index in [0.29, 0.717) is 6.42 Å². The molecule has 1 atom stereocenters. The number of carbonyl (C=O) groups excluding carboxylic acids is 2. The van der Waals surface area contributed by atoms with Crippen molar-refractivity contribution in [3.05, 3.63) is 52.8 Å². The van der Waals surface area contributed by atoms with E-state index in [1.807, 2.05) is 0 Å². The average Bonchev–Trinajstić information content (AvgIpc) is 2.93. The summed E-state index contributed by atoms with van der Waals surface area (Å²) in [6.07, 6.45) is 3.16. The number of urea groups is 1. The molecule has 0 aliphatic carbocycles. The summed E-state index contributed by atoms with van der Waals surface area (Å²) < 4.78 is 15.1. The molecule has 1 aliphatic heterocycles. The largest absolute Gasteiger partial charge is 0.326 e. The fourth-order valence-electron chi connectivity index (χ4n) is 2.61. The number of benzene rings is 1. The Kier molecular flexibility index (Phi) is 4.46. The lowest BCUT2D eigenvalue weighted by molar-refractivity contribution is -0.118. The molecule has 8 nitrogen and oxygen atoms in total. The highest BCUT2D eigenvalue weighted by Crippen LogP contribution is 2.24. The Morgan fingerprint density at radius 3 is 2.84 bits per heavy atom. The molecule has 0 bridgehead atoms. The van der Waals surface area contributed by atoms with Crippen LogP contribution in [0.5, 0.6) is 0 Å².